The van der Waals surface area contributed by atoms with Gasteiger partial charge in [0.2, 0.25) is 0 Å². The van der Waals surface area contributed by atoms with Gasteiger partial charge >= 0.3 is 5.69 Å². The van der Waals surface area contributed by atoms with Gasteiger partial charge in [-0.15, -0.1) is 0 Å². The molecule has 1 aromatic rings. The van der Waals surface area contributed by atoms with Gasteiger partial charge in [0.05, 0.1) is 11.5 Å². The molecule has 0 unspecified atom stereocenters. The SMILES string of the molecule is CCCCNc1cccc(OCC)c1[N+](=O)[O-]. The maximum Gasteiger partial charge on any atom is 0.333 e. The fourth-order valence-electron chi connectivity index (χ4n) is 1.53. The van der Waals surface area contributed by atoms with E-state index in [9.17, 15) is 10.1 Å². The van der Waals surface area contributed by atoms with Crippen LogP contribution in [0.2, 0.25) is 0 Å². The molecule has 17 heavy (non-hydrogen) atoms. The number of ether oxygens (including phenoxy) is 1. The predicted octanol–water partition coefficient (Wildman–Crippen LogP) is 3.21. The largest absolute Gasteiger partial charge is 0.487 e. The third-order valence-corrected chi connectivity index (χ3v) is 2.33. The lowest BCUT2D eigenvalue weighted by molar-refractivity contribution is -0.384. The van der Waals surface area contributed by atoms with Gasteiger partial charge in [-0.25, -0.2) is 0 Å². The minimum absolute atomic E-state index is 0.0189. The number of rotatable bonds is 7. The van der Waals surface area contributed by atoms with E-state index in [4.69, 9.17) is 4.74 Å². The highest BCUT2D eigenvalue weighted by molar-refractivity contribution is 5.68. The van der Waals surface area contributed by atoms with Gasteiger partial charge in [-0.1, -0.05) is 19.4 Å². The Labute approximate surface area is 101 Å². The monoisotopic (exact) mass is 238 g/mol. The third-order valence-electron chi connectivity index (χ3n) is 2.33. The first-order valence-electron chi connectivity index (χ1n) is 5.84. The maximum atomic E-state index is 11.0. The summed E-state index contributed by atoms with van der Waals surface area (Å²) in [5.41, 5.74) is 0.542. The second kappa shape index (κ2) is 6.73. The molecule has 1 N–H and O–H groups in total. The first kappa shape index (κ1) is 13.3. The Hall–Kier alpha value is -1.78. The van der Waals surface area contributed by atoms with Crippen LogP contribution in [0.1, 0.15) is 26.7 Å². The van der Waals surface area contributed by atoms with Crippen LogP contribution in [0, 0.1) is 10.1 Å². The van der Waals surface area contributed by atoms with E-state index in [-0.39, 0.29) is 5.69 Å². The zero-order valence-corrected chi connectivity index (χ0v) is 10.2. The molecule has 0 amide bonds. The standard InChI is InChI=1S/C12H18N2O3/c1-3-5-9-13-10-7-6-8-11(17-4-2)12(10)14(15)16/h6-8,13H,3-5,9H2,1-2H3. The number of anilines is 1. The first-order chi connectivity index (χ1) is 8.20. The van der Waals surface area contributed by atoms with Crippen molar-refractivity contribution in [2.24, 2.45) is 0 Å². The summed E-state index contributed by atoms with van der Waals surface area (Å²) in [6.45, 7) is 5.03. The van der Waals surface area contributed by atoms with Crippen LogP contribution >= 0.6 is 0 Å². The van der Waals surface area contributed by atoms with Crippen molar-refractivity contribution in [3.8, 4) is 5.75 Å². The summed E-state index contributed by atoms with van der Waals surface area (Å²) < 4.78 is 5.26. The van der Waals surface area contributed by atoms with E-state index in [2.05, 4.69) is 12.2 Å². The summed E-state index contributed by atoms with van der Waals surface area (Å²) in [4.78, 5) is 10.6. The van der Waals surface area contributed by atoms with Crippen molar-refractivity contribution in [3.63, 3.8) is 0 Å². The van der Waals surface area contributed by atoms with E-state index in [0.717, 1.165) is 19.4 Å². The Balaban J connectivity index is 2.94. The van der Waals surface area contributed by atoms with Gasteiger partial charge in [0, 0.05) is 6.54 Å². The Bertz CT molecular complexity index is 380. The van der Waals surface area contributed by atoms with Crippen LogP contribution in [0.4, 0.5) is 11.4 Å². The van der Waals surface area contributed by atoms with Crippen LogP contribution in [0.5, 0.6) is 5.75 Å². The molecule has 1 aromatic carbocycles. The van der Waals surface area contributed by atoms with E-state index in [1.165, 1.54) is 0 Å². The van der Waals surface area contributed by atoms with Crippen molar-refractivity contribution < 1.29 is 9.66 Å². The smallest absolute Gasteiger partial charge is 0.333 e. The molecule has 0 bridgehead atoms. The third kappa shape index (κ3) is 3.62. The Kier molecular flexibility index (Phi) is 5.26. The molecule has 5 nitrogen and oxygen atoms in total. The molecule has 0 aromatic heterocycles. The number of para-hydroxylation sites is 1. The van der Waals surface area contributed by atoms with Crippen molar-refractivity contribution in [2.75, 3.05) is 18.5 Å². The van der Waals surface area contributed by atoms with E-state index < -0.39 is 4.92 Å². The zero-order chi connectivity index (χ0) is 12.7. The van der Waals surface area contributed by atoms with Crippen molar-refractivity contribution in [1.29, 1.82) is 0 Å². The summed E-state index contributed by atoms with van der Waals surface area (Å²) >= 11 is 0. The number of nitro groups is 1. The molecule has 0 aliphatic heterocycles. The van der Waals surface area contributed by atoms with Gasteiger partial charge in [0.1, 0.15) is 5.69 Å². The molecule has 0 atom stereocenters. The van der Waals surface area contributed by atoms with Gasteiger partial charge in [-0.3, -0.25) is 10.1 Å². The van der Waals surface area contributed by atoms with Crippen molar-refractivity contribution in [2.45, 2.75) is 26.7 Å². The second-order valence-corrected chi connectivity index (χ2v) is 3.62. The van der Waals surface area contributed by atoms with Crippen LogP contribution in [-0.4, -0.2) is 18.1 Å². The van der Waals surface area contributed by atoms with Gasteiger partial charge in [0.25, 0.3) is 0 Å². The van der Waals surface area contributed by atoms with Crippen LogP contribution in [0.25, 0.3) is 0 Å². The molecule has 1 rings (SSSR count). The summed E-state index contributed by atoms with van der Waals surface area (Å²) in [7, 11) is 0. The lowest BCUT2D eigenvalue weighted by Crippen LogP contribution is -2.05. The van der Waals surface area contributed by atoms with Gasteiger partial charge in [-0.2, -0.15) is 0 Å². The minimum Gasteiger partial charge on any atom is -0.487 e. The first-order valence-corrected chi connectivity index (χ1v) is 5.84. The van der Waals surface area contributed by atoms with Crippen molar-refractivity contribution >= 4 is 11.4 Å². The normalized spacial score (nSPS) is 10.0. The number of unbranched alkanes of at least 4 members (excludes halogenated alkanes) is 1. The Morgan fingerprint density at radius 1 is 1.41 bits per heavy atom. The molecule has 0 radical (unpaired) electrons. The number of hydrogen-bond donors (Lipinski definition) is 1. The maximum absolute atomic E-state index is 11.0. The number of hydrogen-bond acceptors (Lipinski definition) is 4. The quantitative estimate of drug-likeness (QED) is 0.450. The van der Waals surface area contributed by atoms with Crippen LogP contribution in [-0.2, 0) is 0 Å². The lowest BCUT2D eigenvalue weighted by Gasteiger charge is -2.09. The number of nitro benzene ring substituents is 1. The molecule has 0 spiro atoms. The van der Waals surface area contributed by atoms with Crippen molar-refractivity contribution in [3.05, 3.63) is 28.3 Å². The van der Waals surface area contributed by atoms with E-state index in [1.807, 2.05) is 0 Å². The Morgan fingerprint density at radius 2 is 2.18 bits per heavy atom. The molecule has 94 valence electrons. The van der Waals surface area contributed by atoms with Gasteiger partial charge < -0.3 is 10.1 Å². The number of nitrogens with one attached hydrogen (secondary N) is 1. The van der Waals surface area contributed by atoms with Crippen LogP contribution in [0.3, 0.4) is 0 Å². The average molecular weight is 238 g/mol. The van der Waals surface area contributed by atoms with E-state index >= 15 is 0 Å². The average Bonchev–Trinajstić information content (AvgIpc) is 2.29. The number of nitrogens with zero attached hydrogens (tertiary/aromatic N) is 1. The molecule has 0 fully saturated rings. The molecule has 0 aliphatic rings. The van der Waals surface area contributed by atoms with Crippen LogP contribution < -0.4 is 10.1 Å². The predicted molar refractivity (Wildman–Crippen MR) is 67.7 cm³/mol. The fourth-order valence-corrected chi connectivity index (χ4v) is 1.53. The molecule has 0 aliphatic carbocycles. The molecular formula is C12H18N2O3. The molecule has 0 heterocycles. The molecule has 5 heteroatoms. The number of benzene rings is 1. The highest BCUT2D eigenvalue weighted by Gasteiger charge is 2.20. The topological polar surface area (TPSA) is 64.4 Å². The van der Waals surface area contributed by atoms with Gasteiger partial charge in [-0.05, 0) is 25.5 Å². The summed E-state index contributed by atoms with van der Waals surface area (Å²) in [6.07, 6.45) is 2.03. The van der Waals surface area contributed by atoms with E-state index in [0.29, 0.717) is 18.0 Å². The van der Waals surface area contributed by atoms with E-state index in [1.54, 1.807) is 25.1 Å². The zero-order valence-electron chi connectivity index (χ0n) is 10.2. The summed E-state index contributed by atoms with van der Waals surface area (Å²) in [5, 5.41) is 14.1. The summed E-state index contributed by atoms with van der Waals surface area (Å²) in [5.74, 6) is 0.319. The Morgan fingerprint density at radius 3 is 2.76 bits per heavy atom. The van der Waals surface area contributed by atoms with Crippen LogP contribution in [0.15, 0.2) is 18.2 Å². The molecule has 0 saturated heterocycles. The van der Waals surface area contributed by atoms with Gasteiger partial charge in [0.15, 0.2) is 5.75 Å². The second-order valence-electron chi connectivity index (χ2n) is 3.62. The lowest BCUT2D eigenvalue weighted by atomic mass is 10.2. The minimum atomic E-state index is -0.403. The summed E-state index contributed by atoms with van der Waals surface area (Å²) in [6, 6.07) is 5.08. The molecule has 0 saturated carbocycles. The fraction of sp³-hybridized carbons (Fsp3) is 0.500. The highest BCUT2D eigenvalue weighted by atomic mass is 16.6. The highest BCUT2D eigenvalue weighted by Crippen LogP contribution is 2.34. The van der Waals surface area contributed by atoms with Crippen molar-refractivity contribution in [1.82, 2.24) is 0 Å². The molecular weight excluding hydrogens is 220 g/mol.